The van der Waals surface area contributed by atoms with Gasteiger partial charge in [-0.25, -0.2) is 26.8 Å². The highest BCUT2D eigenvalue weighted by atomic mass is 32.2. The molecule has 0 atom stereocenters. The van der Waals surface area contributed by atoms with Crippen molar-refractivity contribution in [1.29, 1.82) is 0 Å². The largest absolute Gasteiger partial charge is 0.277 e. The second-order valence-electron chi connectivity index (χ2n) is 10.1. The standard InChI is InChI=1S/C32H26N6O4S2/c1-21-9-13-23(14-10-21)43(39,40)37-29-19-27-28(20-30(29)38-44(41,42)24-15-11-22(2)12-16-24)36-32(26-8-4-6-18-34-26)31(35-27)25-7-3-5-17-33-25/h3-20,37-38H,1-2H3. The van der Waals surface area contributed by atoms with Crippen LogP contribution in [0.5, 0.6) is 0 Å². The molecule has 10 nitrogen and oxygen atoms in total. The lowest BCUT2D eigenvalue weighted by atomic mass is 10.1. The fourth-order valence-corrected chi connectivity index (χ4v) is 6.62. The Labute approximate surface area is 255 Å². The lowest BCUT2D eigenvalue weighted by Crippen LogP contribution is -2.18. The molecule has 0 radical (unpaired) electrons. The average Bonchev–Trinajstić information content (AvgIpc) is 3.02. The predicted octanol–water partition coefficient (Wildman–Crippen LogP) is 5.97. The number of benzene rings is 3. The molecule has 0 aliphatic carbocycles. The predicted molar refractivity (Wildman–Crippen MR) is 170 cm³/mol. The van der Waals surface area contributed by atoms with Gasteiger partial charge in [0.1, 0.15) is 11.4 Å². The van der Waals surface area contributed by atoms with E-state index in [2.05, 4.69) is 19.4 Å². The number of pyridine rings is 2. The van der Waals surface area contributed by atoms with E-state index in [9.17, 15) is 16.8 Å². The lowest BCUT2D eigenvalue weighted by Gasteiger charge is -2.17. The first-order valence-corrected chi connectivity index (χ1v) is 16.4. The summed E-state index contributed by atoms with van der Waals surface area (Å²) in [5, 5.41) is 0. The van der Waals surface area contributed by atoms with Crippen molar-refractivity contribution >= 4 is 42.5 Å². The third kappa shape index (κ3) is 5.98. The summed E-state index contributed by atoms with van der Waals surface area (Å²) in [5.74, 6) is 0. The van der Waals surface area contributed by atoms with E-state index in [-0.39, 0.29) is 21.2 Å². The van der Waals surface area contributed by atoms with Crippen LogP contribution in [0.15, 0.2) is 119 Å². The molecule has 0 aliphatic heterocycles. The van der Waals surface area contributed by atoms with Crippen LogP contribution >= 0.6 is 0 Å². The zero-order valence-electron chi connectivity index (χ0n) is 23.6. The van der Waals surface area contributed by atoms with Crippen LogP contribution in [0, 0.1) is 13.8 Å². The number of nitrogens with one attached hydrogen (secondary N) is 2. The number of aryl methyl sites for hydroxylation is 2. The monoisotopic (exact) mass is 622 g/mol. The molecule has 0 saturated heterocycles. The van der Waals surface area contributed by atoms with Crippen LogP contribution in [-0.2, 0) is 20.0 Å². The van der Waals surface area contributed by atoms with Crippen LogP contribution in [0.25, 0.3) is 33.8 Å². The SMILES string of the molecule is Cc1ccc(S(=O)(=O)Nc2cc3nc(-c4ccccn4)c(-c4ccccn4)nc3cc2NS(=O)(=O)c2ccc(C)cc2)cc1. The van der Waals surface area contributed by atoms with Gasteiger partial charge in [0.25, 0.3) is 20.0 Å². The maximum atomic E-state index is 13.5. The van der Waals surface area contributed by atoms with Gasteiger partial charge >= 0.3 is 0 Å². The topological polar surface area (TPSA) is 144 Å². The van der Waals surface area contributed by atoms with Crippen molar-refractivity contribution in [3.8, 4) is 22.8 Å². The van der Waals surface area contributed by atoms with Gasteiger partial charge in [-0.15, -0.1) is 0 Å². The Hall–Kier alpha value is -5.20. The molecule has 0 aliphatic rings. The minimum absolute atomic E-state index is 0.0151. The number of hydrogen-bond acceptors (Lipinski definition) is 8. The van der Waals surface area contributed by atoms with Crippen LogP contribution in [0.1, 0.15) is 11.1 Å². The molecule has 44 heavy (non-hydrogen) atoms. The van der Waals surface area contributed by atoms with Gasteiger partial charge in [0.15, 0.2) is 0 Å². The summed E-state index contributed by atoms with van der Waals surface area (Å²) >= 11 is 0. The molecule has 0 fully saturated rings. The van der Waals surface area contributed by atoms with Crippen molar-refractivity contribution in [3.63, 3.8) is 0 Å². The molecule has 0 bridgehead atoms. The van der Waals surface area contributed by atoms with Crippen LogP contribution < -0.4 is 9.44 Å². The fraction of sp³-hybridized carbons (Fsp3) is 0.0625. The minimum atomic E-state index is -4.12. The van der Waals surface area contributed by atoms with E-state index in [0.29, 0.717) is 33.8 Å². The molecule has 3 aromatic heterocycles. The number of anilines is 2. The van der Waals surface area contributed by atoms with Crippen molar-refractivity contribution in [3.05, 3.63) is 121 Å². The van der Waals surface area contributed by atoms with Gasteiger partial charge in [0.05, 0.1) is 43.6 Å². The van der Waals surface area contributed by atoms with Gasteiger partial charge in [0, 0.05) is 12.4 Å². The van der Waals surface area contributed by atoms with Crippen molar-refractivity contribution < 1.29 is 16.8 Å². The van der Waals surface area contributed by atoms with Crippen molar-refractivity contribution in [1.82, 2.24) is 19.9 Å². The Morgan fingerprint density at radius 1 is 0.523 bits per heavy atom. The molecule has 12 heteroatoms. The summed E-state index contributed by atoms with van der Waals surface area (Å²) in [7, 11) is -8.23. The van der Waals surface area contributed by atoms with Crippen LogP contribution in [0.4, 0.5) is 11.4 Å². The number of sulfonamides is 2. The van der Waals surface area contributed by atoms with E-state index >= 15 is 0 Å². The summed E-state index contributed by atoms with van der Waals surface area (Å²) < 4.78 is 58.9. The van der Waals surface area contributed by atoms with Gasteiger partial charge in [0.2, 0.25) is 0 Å². The Balaban J connectivity index is 1.55. The summed E-state index contributed by atoms with van der Waals surface area (Å²) in [6.45, 7) is 3.70. The normalized spacial score (nSPS) is 11.8. The van der Waals surface area contributed by atoms with Gasteiger partial charge in [-0.3, -0.25) is 19.4 Å². The Morgan fingerprint density at radius 3 is 1.25 bits per heavy atom. The van der Waals surface area contributed by atoms with E-state index in [1.165, 1.54) is 36.4 Å². The molecule has 220 valence electrons. The molecular formula is C32H26N6O4S2. The van der Waals surface area contributed by atoms with E-state index in [1.54, 1.807) is 60.9 Å². The van der Waals surface area contributed by atoms with E-state index < -0.39 is 20.0 Å². The highest BCUT2D eigenvalue weighted by Gasteiger charge is 2.23. The zero-order valence-corrected chi connectivity index (χ0v) is 25.3. The van der Waals surface area contributed by atoms with E-state index in [1.807, 2.05) is 26.0 Å². The molecule has 0 spiro atoms. The second-order valence-corrected chi connectivity index (χ2v) is 13.4. The van der Waals surface area contributed by atoms with Gasteiger partial charge in [-0.2, -0.15) is 0 Å². The molecule has 3 aromatic carbocycles. The van der Waals surface area contributed by atoms with Crippen molar-refractivity contribution in [2.75, 3.05) is 9.44 Å². The van der Waals surface area contributed by atoms with Crippen LogP contribution in [0.2, 0.25) is 0 Å². The average molecular weight is 623 g/mol. The Morgan fingerprint density at radius 2 is 0.909 bits per heavy atom. The molecular weight excluding hydrogens is 597 g/mol. The lowest BCUT2D eigenvalue weighted by molar-refractivity contribution is 0.599. The maximum absolute atomic E-state index is 13.5. The summed E-state index contributed by atoms with van der Waals surface area (Å²) in [4.78, 5) is 18.6. The zero-order chi connectivity index (χ0) is 30.9. The molecule has 2 N–H and O–H groups in total. The number of aromatic nitrogens is 4. The third-order valence-electron chi connectivity index (χ3n) is 6.77. The number of hydrogen-bond donors (Lipinski definition) is 2. The molecule has 0 unspecified atom stereocenters. The number of nitrogens with zero attached hydrogens (tertiary/aromatic N) is 4. The number of rotatable bonds is 8. The van der Waals surface area contributed by atoms with Crippen LogP contribution in [-0.4, -0.2) is 36.8 Å². The van der Waals surface area contributed by atoms with Gasteiger partial charge in [-0.05, 0) is 74.5 Å². The molecule has 0 saturated carbocycles. The molecule has 6 aromatic rings. The van der Waals surface area contributed by atoms with E-state index in [0.717, 1.165) is 11.1 Å². The summed E-state index contributed by atoms with van der Waals surface area (Å²) in [6.07, 6.45) is 3.26. The summed E-state index contributed by atoms with van der Waals surface area (Å²) in [6, 6.07) is 26.3. The number of fused-ring (bicyclic) bond motifs is 1. The smallest absolute Gasteiger partial charge is 0.261 e. The highest BCUT2D eigenvalue weighted by Crippen LogP contribution is 2.35. The first-order valence-electron chi connectivity index (χ1n) is 13.5. The van der Waals surface area contributed by atoms with Crippen LogP contribution in [0.3, 0.4) is 0 Å². The molecule has 0 amide bonds. The quantitative estimate of drug-likeness (QED) is 0.211. The van der Waals surface area contributed by atoms with Crippen molar-refractivity contribution in [2.45, 2.75) is 23.6 Å². The molecule has 3 heterocycles. The Kier molecular flexibility index (Phi) is 7.53. The fourth-order valence-electron chi connectivity index (χ4n) is 4.48. The van der Waals surface area contributed by atoms with Crippen molar-refractivity contribution in [2.24, 2.45) is 0 Å². The maximum Gasteiger partial charge on any atom is 0.261 e. The minimum Gasteiger partial charge on any atom is -0.277 e. The summed E-state index contributed by atoms with van der Waals surface area (Å²) in [5.41, 5.74) is 4.28. The third-order valence-corrected chi connectivity index (χ3v) is 9.53. The van der Waals surface area contributed by atoms with Gasteiger partial charge < -0.3 is 0 Å². The van der Waals surface area contributed by atoms with E-state index in [4.69, 9.17) is 9.97 Å². The molecule has 6 rings (SSSR count). The first kappa shape index (κ1) is 28.9. The second kappa shape index (κ2) is 11.5. The van der Waals surface area contributed by atoms with Gasteiger partial charge in [-0.1, -0.05) is 47.5 Å². The highest BCUT2D eigenvalue weighted by molar-refractivity contribution is 7.93. The Bertz CT molecular complexity index is 2040. The first-order chi connectivity index (χ1) is 21.1.